The van der Waals surface area contributed by atoms with Crippen molar-refractivity contribution in [2.24, 2.45) is 0 Å². The van der Waals surface area contributed by atoms with Gasteiger partial charge in [0.2, 0.25) is 5.43 Å². The number of halogens is 2. The monoisotopic (exact) mass is 477 g/mol. The first-order valence-corrected chi connectivity index (χ1v) is 10.9. The van der Waals surface area contributed by atoms with Crippen LogP contribution in [0.4, 0.5) is 0 Å². The third-order valence-electron chi connectivity index (χ3n) is 5.62. The molecule has 8 heteroatoms. The number of aryl methyl sites for hydroxylation is 1. The molecule has 2 aromatic heterocycles. The standard InChI is InChI=1S/C25H17Cl2N3O3/c1-14-11-16(26)8-10-20(14)30-24(32)21-22(25(33)29(30)13-15-5-3-2-4-6-15)28-19-12-17(27)7-9-18(19)23(21)31/h2-12H,13H2,1H3,(H,28,31). The molecular weight excluding hydrogens is 461 g/mol. The van der Waals surface area contributed by atoms with Crippen molar-refractivity contribution < 1.29 is 0 Å². The molecule has 0 aliphatic rings. The van der Waals surface area contributed by atoms with E-state index in [-0.39, 0.29) is 22.8 Å². The lowest BCUT2D eigenvalue weighted by Crippen LogP contribution is -2.40. The van der Waals surface area contributed by atoms with E-state index in [0.29, 0.717) is 26.8 Å². The molecule has 0 amide bonds. The lowest BCUT2D eigenvalue weighted by atomic mass is 10.1. The number of hydrogen-bond acceptors (Lipinski definition) is 3. The maximum absolute atomic E-state index is 13.8. The zero-order valence-electron chi connectivity index (χ0n) is 17.4. The highest BCUT2D eigenvalue weighted by Crippen LogP contribution is 2.20. The van der Waals surface area contributed by atoms with Gasteiger partial charge in [0, 0.05) is 15.4 Å². The van der Waals surface area contributed by atoms with Crippen LogP contribution >= 0.6 is 23.2 Å². The highest BCUT2D eigenvalue weighted by atomic mass is 35.5. The minimum Gasteiger partial charge on any atom is -0.350 e. The Kier molecular flexibility index (Phi) is 5.19. The summed E-state index contributed by atoms with van der Waals surface area (Å²) >= 11 is 12.2. The second kappa shape index (κ2) is 8.06. The molecule has 3 aromatic carbocycles. The Morgan fingerprint density at radius 1 is 0.848 bits per heavy atom. The molecule has 0 saturated heterocycles. The molecule has 0 aliphatic heterocycles. The Morgan fingerprint density at radius 2 is 1.55 bits per heavy atom. The average molecular weight is 478 g/mol. The van der Waals surface area contributed by atoms with E-state index in [1.807, 2.05) is 30.3 Å². The predicted molar refractivity (Wildman–Crippen MR) is 132 cm³/mol. The Hall–Kier alpha value is -3.61. The van der Waals surface area contributed by atoms with Gasteiger partial charge in [0.05, 0.1) is 17.7 Å². The first kappa shape index (κ1) is 21.2. The molecule has 33 heavy (non-hydrogen) atoms. The Morgan fingerprint density at radius 3 is 2.27 bits per heavy atom. The summed E-state index contributed by atoms with van der Waals surface area (Å²) in [6.07, 6.45) is 0. The number of aromatic amines is 1. The molecule has 0 bridgehead atoms. The smallest absolute Gasteiger partial charge is 0.290 e. The Labute approximate surface area is 197 Å². The topological polar surface area (TPSA) is 76.9 Å². The third-order valence-corrected chi connectivity index (χ3v) is 6.09. The number of nitrogens with zero attached hydrogens (tertiary/aromatic N) is 2. The molecular formula is C25H17Cl2N3O3. The van der Waals surface area contributed by atoms with E-state index in [2.05, 4.69) is 4.98 Å². The van der Waals surface area contributed by atoms with Gasteiger partial charge in [0.25, 0.3) is 11.1 Å². The van der Waals surface area contributed by atoms with Crippen molar-refractivity contribution in [2.75, 3.05) is 0 Å². The van der Waals surface area contributed by atoms with Crippen LogP contribution in [0.5, 0.6) is 0 Å². The van der Waals surface area contributed by atoms with Crippen molar-refractivity contribution in [3.05, 3.63) is 119 Å². The highest BCUT2D eigenvalue weighted by Gasteiger charge is 2.20. The maximum Gasteiger partial charge on any atom is 0.290 e. The Balaban J connectivity index is 1.96. The SMILES string of the molecule is Cc1cc(Cl)ccc1-n1c(=O)c2c(=O)c3ccc(Cl)cc3[nH]c2c(=O)n1Cc1ccccc1. The predicted octanol–water partition coefficient (Wildman–Crippen LogP) is 4.66. The number of nitrogens with one attached hydrogen (secondary N) is 1. The molecule has 0 atom stereocenters. The number of hydrogen-bond donors (Lipinski definition) is 1. The summed E-state index contributed by atoms with van der Waals surface area (Å²) in [6, 6.07) is 19.0. The highest BCUT2D eigenvalue weighted by molar-refractivity contribution is 6.31. The van der Waals surface area contributed by atoms with Crippen molar-refractivity contribution in [1.82, 2.24) is 14.3 Å². The molecule has 5 rings (SSSR count). The van der Waals surface area contributed by atoms with Crippen LogP contribution in [0.15, 0.2) is 81.1 Å². The van der Waals surface area contributed by atoms with Gasteiger partial charge in [-0.15, -0.1) is 0 Å². The number of H-pyrrole nitrogens is 1. The van der Waals surface area contributed by atoms with Gasteiger partial charge in [-0.25, -0.2) is 9.36 Å². The fourth-order valence-corrected chi connectivity index (χ4v) is 4.46. The van der Waals surface area contributed by atoms with Gasteiger partial charge in [-0.1, -0.05) is 53.5 Å². The number of fused-ring (bicyclic) bond motifs is 2. The molecule has 2 heterocycles. The van der Waals surface area contributed by atoms with Crippen LogP contribution in [-0.4, -0.2) is 14.3 Å². The third kappa shape index (κ3) is 3.57. The van der Waals surface area contributed by atoms with Crippen LogP contribution in [-0.2, 0) is 6.54 Å². The first-order valence-electron chi connectivity index (χ1n) is 10.2. The molecule has 0 spiro atoms. The summed E-state index contributed by atoms with van der Waals surface area (Å²) in [4.78, 5) is 43.8. The lowest BCUT2D eigenvalue weighted by molar-refractivity contribution is 0.553. The van der Waals surface area contributed by atoms with Crippen molar-refractivity contribution in [1.29, 1.82) is 0 Å². The van der Waals surface area contributed by atoms with E-state index in [0.717, 1.165) is 5.56 Å². The van der Waals surface area contributed by atoms with Crippen LogP contribution in [0, 0.1) is 6.92 Å². The van der Waals surface area contributed by atoms with E-state index < -0.39 is 16.5 Å². The van der Waals surface area contributed by atoms with Gasteiger partial charge >= 0.3 is 0 Å². The number of aromatic nitrogens is 3. The molecule has 0 aliphatic carbocycles. The molecule has 0 unspecified atom stereocenters. The van der Waals surface area contributed by atoms with Crippen LogP contribution < -0.4 is 16.5 Å². The van der Waals surface area contributed by atoms with Crippen molar-refractivity contribution >= 4 is 45.0 Å². The molecule has 0 fully saturated rings. The number of rotatable bonds is 3. The maximum atomic E-state index is 13.8. The molecule has 1 N–H and O–H groups in total. The van der Waals surface area contributed by atoms with Gasteiger partial charge < -0.3 is 4.98 Å². The van der Waals surface area contributed by atoms with Gasteiger partial charge in [-0.3, -0.25) is 14.4 Å². The molecule has 0 saturated carbocycles. The van der Waals surface area contributed by atoms with Gasteiger partial charge in [-0.2, -0.15) is 0 Å². The van der Waals surface area contributed by atoms with Crippen LogP contribution in [0.2, 0.25) is 10.0 Å². The lowest BCUT2D eigenvalue weighted by Gasteiger charge is -2.19. The summed E-state index contributed by atoms with van der Waals surface area (Å²) in [6.45, 7) is 1.92. The summed E-state index contributed by atoms with van der Waals surface area (Å²) in [5.74, 6) is 0. The quantitative estimate of drug-likeness (QED) is 0.384. The minimum atomic E-state index is -0.593. The van der Waals surface area contributed by atoms with E-state index in [4.69, 9.17) is 23.2 Å². The summed E-state index contributed by atoms with van der Waals surface area (Å²) in [7, 11) is 0. The zero-order chi connectivity index (χ0) is 23.3. The van der Waals surface area contributed by atoms with E-state index in [1.165, 1.54) is 9.36 Å². The summed E-state index contributed by atoms with van der Waals surface area (Å²) < 4.78 is 2.60. The molecule has 0 radical (unpaired) electrons. The van der Waals surface area contributed by atoms with Crippen molar-refractivity contribution in [3.63, 3.8) is 0 Å². The van der Waals surface area contributed by atoms with Gasteiger partial charge in [0.1, 0.15) is 10.9 Å². The fourth-order valence-electron chi connectivity index (χ4n) is 4.06. The van der Waals surface area contributed by atoms with Crippen molar-refractivity contribution in [3.8, 4) is 5.69 Å². The number of pyridine rings is 1. The Bertz CT molecular complexity index is 1730. The number of benzene rings is 3. The van der Waals surface area contributed by atoms with E-state index >= 15 is 0 Å². The largest absolute Gasteiger partial charge is 0.350 e. The van der Waals surface area contributed by atoms with Crippen LogP contribution in [0.3, 0.4) is 0 Å². The van der Waals surface area contributed by atoms with Gasteiger partial charge in [-0.05, 0) is 54.4 Å². The van der Waals surface area contributed by atoms with E-state index in [9.17, 15) is 14.4 Å². The summed E-state index contributed by atoms with van der Waals surface area (Å²) in [5.41, 5.74) is 0.700. The van der Waals surface area contributed by atoms with Crippen molar-refractivity contribution in [2.45, 2.75) is 13.5 Å². The van der Waals surface area contributed by atoms with Gasteiger partial charge in [0.15, 0.2) is 0 Å². The molecule has 6 nitrogen and oxygen atoms in total. The molecule has 5 aromatic rings. The molecule has 164 valence electrons. The zero-order valence-corrected chi connectivity index (χ0v) is 18.9. The normalized spacial score (nSPS) is 11.4. The minimum absolute atomic E-state index is 0.0569. The van der Waals surface area contributed by atoms with Crippen LogP contribution in [0.1, 0.15) is 11.1 Å². The summed E-state index contributed by atoms with van der Waals surface area (Å²) in [5, 5.41) is 0.993. The van der Waals surface area contributed by atoms with Crippen LogP contribution in [0.25, 0.3) is 27.5 Å². The second-order valence-electron chi connectivity index (χ2n) is 7.79. The fraction of sp³-hybridized carbons (Fsp3) is 0.0800. The first-order chi connectivity index (χ1) is 15.8. The average Bonchev–Trinajstić information content (AvgIpc) is 2.78. The second-order valence-corrected chi connectivity index (χ2v) is 8.66. The van der Waals surface area contributed by atoms with E-state index in [1.54, 1.807) is 43.3 Å².